The Morgan fingerprint density at radius 1 is 1.33 bits per heavy atom. The average molecular weight is 254 g/mol. The van der Waals surface area contributed by atoms with Crippen LogP contribution >= 0.6 is 0 Å². The fourth-order valence-electron chi connectivity index (χ4n) is 1.97. The standard InChI is InChI=1S/C13H26N4O/c1-10(2)7-11(9-14)8-13-15-12(16-18-13)5-6-17(3)4/h10-11H,5-9,14H2,1-4H3/t11-/m0/s1. The number of rotatable bonds is 8. The predicted octanol–water partition coefficient (Wildman–Crippen LogP) is 1.34. The van der Waals surface area contributed by atoms with Crippen LogP contribution in [0.1, 0.15) is 32.0 Å². The molecule has 0 saturated heterocycles. The SMILES string of the molecule is CC(C)C[C@H](CN)Cc1nc(CCN(C)C)no1. The molecule has 0 aliphatic heterocycles. The van der Waals surface area contributed by atoms with E-state index in [0.29, 0.717) is 18.4 Å². The number of hydrogen-bond acceptors (Lipinski definition) is 5. The van der Waals surface area contributed by atoms with Crippen molar-refractivity contribution < 1.29 is 4.52 Å². The van der Waals surface area contributed by atoms with Crippen molar-refractivity contribution in [3.05, 3.63) is 11.7 Å². The molecule has 0 aromatic carbocycles. The Labute approximate surface area is 110 Å². The van der Waals surface area contributed by atoms with Crippen LogP contribution in [0.4, 0.5) is 0 Å². The zero-order valence-electron chi connectivity index (χ0n) is 12.0. The molecule has 0 radical (unpaired) electrons. The lowest BCUT2D eigenvalue weighted by Crippen LogP contribution is -2.19. The van der Waals surface area contributed by atoms with Crippen LogP contribution in [-0.4, -0.2) is 42.2 Å². The molecule has 0 saturated carbocycles. The van der Waals surface area contributed by atoms with E-state index in [4.69, 9.17) is 10.3 Å². The monoisotopic (exact) mass is 254 g/mol. The third kappa shape index (κ3) is 5.60. The van der Waals surface area contributed by atoms with Crippen molar-refractivity contribution in [1.82, 2.24) is 15.0 Å². The van der Waals surface area contributed by atoms with Gasteiger partial charge >= 0.3 is 0 Å². The van der Waals surface area contributed by atoms with Gasteiger partial charge < -0.3 is 15.2 Å². The van der Waals surface area contributed by atoms with Crippen LogP contribution in [0.2, 0.25) is 0 Å². The molecule has 1 aromatic rings. The molecule has 104 valence electrons. The van der Waals surface area contributed by atoms with E-state index < -0.39 is 0 Å². The van der Waals surface area contributed by atoms with Crippen molar-refractivity contribution in [2.75, 3.05) is 27.2 Å². The van der Waals surface area contributed by atoms with Crippen molar-refractivity contribution in [2.45, 2.75) is 33.1 Å². The molecule has 1 heterocycles. The van der Waals surface area contributed by atoms with Crippen LogP contribution in [0.5, 0.6) is 0 Å². The Hall–Kier alpha value is -0.940. The Morgan fingerprint density at radius 3 is 2.61 bits per heavy atom. The Morgan fingerprint density at radius 2 is 2.06 bits per heavy atom. The zero-order valence-corrected chi connectivity index (χ0v) is 12.0. The molecule has 1 rings (SSSR count). The first-order valence-electron chi connectivity index (χ1n) is 6.67. The predicted molar refractivity (Wildman–Crippen MR) is 72.3 cm³/mol. The molecule has 0 bridgehead atoms. The van der Waals surface area contributed by atoms with Crippen molar-refractivity contribution >= 4 is 0 Å². The van der Waals surface area contributed by atoms with Gasteiger partial charge in [-0.05, 0) is 38.9 Å². The molecule has 5 heteroatoms. The van der Waals surface area contributed by atoms with Crippen LogP contribution in [0.25, 0.3) is 0 Å². The van der Waals surface area contributed by atoms with Gasteiger partial charge in [-0.3, -0.25) is 0 Å². The van der Waals surface area contributed by atoms with Crippen LogP contribution < -0.4 is 5.73 Å². The largest absolute Gasteiger partial charge is 0.339 e. The lowest BCUT2D eigenvalue weighted by Gasteiger charge is -2.14. The first kappa shape index (κ1) is 15.1. The van der Waals surface area contributed by atoms with Gasteiger partial charge in [0.25, 0.3) is 0 Å². The highest BCUT2D eigenvalue weighted by Gasteiger charge is 2.14. The number of hydrogen-bond donors (Lipinski definition) is 1. The summed E-state index contributed by atoms with van der Waals surface area (Å²) in [6.45, 7) is 6.02. The van der Waals surface area contributed by atoms with Gasteiger partial charge in [0.2, 0.25) is 5.89 Å². The summed E-state index contributed by atoms with van der Waals surface area (Å²) in [6, 6.07) is 0. The van der Waals surface area contributed by atoms with Crippen LogP contribution in [-0.2, 0) is 12.8 Å². The maximum Gasteiger partial charge on any atom is 0.226 e. The van der Waals surface area contributed by atoms with Gasteiger partial charge in [-0.2, -0.15) is 4.98 Å². The molecule has 0 amide bonds. The summed E-state index contributed by atoms with van der Waals surface area (Å²) in [4.78, 5) is 6.53. The molecular weight excluding hydrogens is 228 g/mol. The van der Waals surface area contributed by atoms with Gasteiger partial charge in [-0.1, -0.05) is 19.0 Å². The molecule has 1 atom stereocenters. The highest BCUT2D eigenvalue weighted by molar-refractivity contribution is 4.89. The molecule has 0 unspecified atom stereocenters. The van der Waals surface area contributed by atoms with Gasteiger partial charge in [-0.25, -0.2) is 0 Å². The normalized spacial score (nSPS) is 13.5. The average Bonchev–Trinajstić information content (AvgIpc) is 2.72. The fraction of sp³-hybridized carbons (Fsp3) is 0.846. The van der Waals surface area contributed by atoms with E-state index in [1.807, 2.05) is 14.1 Å². The molecule has 1 aromatic heterocycles. The van der Waals surface area contributed by atoms with Crippen molar-refractivity contribution in [1.29, 1.82) is 0 Å². The minimum Gasteiger partial charge on any atom is -0.339 e. The minimum absolute atomic E-state index is 0.437. The fourth-order valence-corrected chi connectivity index (χ4v) is 1.97. The van der Waals surface area contributed by atoms with E-state index in [-0.39, 0.29) is 0 Å². The van der Waals surface area contributed by atoms with Crippen LogP contribution in [0.15, 0.2) is 4.52 Å². The van der Waals surface area contributed by atoms with Gasteiger partial charge in [0.05, 0.1) is 0 Å². The molecule has 0 aliphatic rings. The topological polar surface area (TPSA) is 68.2 Å². The van der Waals surface area contributed by atoms with E-state index in [1.165, 1.54) is 0 Å². The number of aromatic nitrogens is 2. The summed E-state index contributed by atoms with van der Waals surface area (Å²) >= 11 is 0. The first-order chi connectivity index (χ1) is 8.51. The highest BCUT2D eigenvalue weighted by Crippen LogP contribution is 2.15. The number of nitrogens with zero attached hydrogens (tertiary/aromatic N) is 3. The molecule has 2 N–H and O–H groups in total. The van der Waals surface area contributed by atoms with Gasteiger partial charge in [0.15, 0.2) is 5.82 Å². The summed E-state index contributed by atoms with van der Waals surface area (Å²) in [5.41, 5.74) is 5.78. The summed E-state index contributed by atoms with van der Waals surface area (Å²) in [7, 11) is 4.07. The molecule has 5 nitrogen and oxygen atoms in total. The smallest absolute Gasteiger partial charge is 0.226 e. The van der Waals surface area contributed by atoms with Crippen molar-refractivity contribution in [2.24, 2.45) is 17.6 Å². The van der Waals surface area contributed by atoms with Gasteiger partial charge in [0, 0.05) is 19.4 Å². The second kappa shape index (κ2) is 7.48. The lowest BCUT2D eigenvalue weighted by atomic mass is 9.94. The maximum atomic E-state index is 5.78. The molecule has 0 fully saturated rings. The maximum absolute atomic E-state index is 5.78. The van der Waals surface area contributed by atoms with E-state index in [1.54, 1.807) is 0 Å². The Bertz CT molecular complexity index is 335. The van der Waals surface area contributed by atoms with E-state index in [0.717, 1.165) is 37.5 Å². The molecular formula is C13H26N4O. The Balaban J connectivity index is 2.46. The number of likely N-dealkylation sites (N-methyl/N-ethyl adjacent to an activating group) is 1. The van der Waals surface area contributed by atoms with Crippen LogP contribution in [0, 0.1) is 11.8 Å². The van der Waals surface area contributed by atoms with Crippen molar-refractivity contribution in [3.8, 4) is 0 Å². The Kier molecular flexibility index (Phi) is 6.29. The minimum atomic E-state index is 0.437. The van der Waals surface area contributed by atoms with Crippen LogP contribution in [0.3, 0.4) is 0 Å². The quantitative estimate of drug-likeness (QED) is 0.758. The third-order valence-electron chi connectivity index (χ3n) is 2.89. The van der Waals surface area contributed by atoms with Crippen molar-refractivity contribution in [3.63, 3.8) is 0 Å². The summed E-state index contributed by atoms with van der Waals surface area (Å²) in [5.74, 6) is 2.60. The van der Waals surface area contributed by atoms with E-state index in [2.05, 4.69) is 28.9 Å². The van der Waals surface area contributed by atoms with Gasteiger partial charge in [-0.15, -0.1) is 0 Å². The summed E-state index contributed by atoms with van der Waals surface area (Å²) in [6.07, 6.45) is 2.73. The molecule has 0 spiro atoms. The second-order valence-electron chi connectivity index (χ2n) is 5.59. The molecule has 0 aliphatic carbocycles. The summed E-state index contributed by atoms with van der Waals surface area (Å²) < 4.78 is 5.28. The second-order valence-corrected chi connectivity index (χ2v) is 5.59. The summed E-state index contributed by atoms with van der Waals surface area (Å²) in [5, 5.41) is 4.00. The zero-order chi connectivity index (χ0) is 13.5. The third-order valence-corrected chi connectivity index (χ3v) is 2.89. The van der Waals surface area contributed by atoms with E-state index >= 15 is 0 Å². The molecule has 18 heavy (non-hydrogen) atoms. The lowest BCUT2D eigenvalue weighted by molar-refractivity contribution is 0.328. The van der Waals surface area contributed by atoms with Gasteiger partial charge in [0.1, 0.15) is 0 Å². The van der Waals surface area contributed by atoms with E-state index in [9.17, 15) is 0 Å². The first-order valence-corrected chi connectivity index (χ1v) is 6.67. The number of nitrogens with two attached hydrogens (primary N) is 1. The highest BCUT2D eigenvalue weighted by atomic mass is 16.5.